The SMILES string of the molecule is NCc1cc(Br)c(OCCC(=O)NC2CC2)c(Br)c1. The summed E-state index contributed by atoms with van der Waals surface area (Å²) in [5.41, 5.74) is 6.61. The minimum atomic E-state index is 0.0494. The molecule has 104 valence electrons. The number of nitrogens with one attached hydrogen (secondary N) is 1. The van der Waals surface area contributed by atoms with Crippen LogP contribution in [0.4, 0.5) is 0 Å². The van der Waals surface area contributed by atoms with E-state index in [9.17, 15) is 4.79 Å². The number of carbonyl (C=O) groups excluding carboxylic acids is 1. The number of hydrogen-bond donors (Lipinski definition) is 2. The second-order valence-electron chi connectivity index (χ2n) is 4.53. The number of nitrogens with two attached hydrogens (primary N) is 1. The van der Waals surface area contributed by atoms with Gasteiger partial charge in [-0.25, -0.2) is 0 Å². The maximum absolute atomic E-state index is 11.5. The first-order valence-electron chi connectivity index (χ1n) is 6.20. The van der Waals surface area contributed by atoms with Gasteiger partial charge in [0.15, 0.2) is 0 Å². The lowest BCUT2D eigenvalue weighted by molar-refractivity contribution is -0.121. The Bertz CT molecular complexity index is 453. The topological polar surface area (TPSA) is 64.3 Å². The lowest BCUT2D eigenvalue weighted by Crippen LogP contribution is -2.26. The summed E-state index contributed by atoms with van der Waals surface area (Å²) in [6, 6.07) is 4.24. The van der Waals surface area contributed by atoms with Crippen LogP contribution in [0.1, 0.15) is 24.8 Å². The van der Waals surface area contributed by atoms with Crippen LogP contribution in [0, 0.1) is 0 Å². The normalized spacial score (nSPS) is 14.3. The summed E-state index contributed by atoms with van der Waals surface area (Å²) in [6.07, 6.45) is 2.57. The van der Waals surface area contributed by atoms with Crippen LogP contribution >= 0.6 is 31.9 Å². The van der Waals surface area contributed by atoms with E-state index in [0.717, 1.165) is 27.4 Å². The van der Waals surface area contributed by atoms with Gasteiger partial charge in [-0.1, -0.05) is 0 Å². The van der Waals surface area contributed by atoms with Crippen LogP contribution in [0.5, 0.6) is 5.75 Å². The number of rotatable bonds is 6. The van der Waals surface area contributed by atoms with Gasteiger partial charge in [0.25, 0.3) is 0 Å². The Balaban J connectivity index is 1.86. The third-order valence-electron chi connectivity index (χ3n) is 2.81. The van der Waals surface area contributed by atoms with Gasteiger partial charge in [-0.2, -0.15) is 0 Å². The van der Waals surface area contributed by atoms with E-state index in [1.54, 1.807) is 0 Å². The highest BCUT2D eigenvalue weighted by molar-refractivity contribution is 9.11. The highest BCUT2D eigenvalue weighted by atomic mass is 79.9. The predicted octanol–water partition coefficient (Wildman–Crippen LogP) is 2.72. The Labute approximate surface area is 129 Å². The second kappa shape index (κ2) is 6.72. The summed E-state index contributed by atoms with van der Waals surface area (Å²) in [7, 11) is 0. The molecule has 0 bridgehead atoms. The van der Waals surface area contributed by atoms with E-state index in [-0.39, 0.29) is 5.91 Å². The van der Waals surface area contributed by atoms with E-state index >= 15 is 0 Å². The van der Waals surface area contributed by atoms with Gasteiger partial charge < -0.3 is 15.8 Å². The van der Waals surface area contributed by atoms with Crippen molar-refractivity contribution in [2.75, 3.05) is 6.61 Å². The van der Waals surface area contributed by atoms with Crippen LogP contribution in [0.3, 0.4) is 0 Å². The van der Waals surface area contributed by atoms with E-state index in [1.807, 2.05) is 12.1 Å². The van der Waals surface area contributed by atoms with Crippen molar-refractivity contribution in [1.29, 1.82) is 0 Å². The zero-order valence-corrected chi connectivity index (χ0v) is 13.6. The number of ether oxygens (including phenoxy) is 1. The monoisotopic (exact) mass is 390 g/mol. The molecule has 1 saturated carbocycles. The Morgan fingerprint density at radius 2 is 2.00 bits per heavy atom. The largest absolute Gasteiger partial charge is 0.491 e. The van der Waals surface area contributed by atoms with E-state index in [4.69, 9.17) is 10.5 Å². The fourth-order valence-electron chi connectivity index (χ4n) is 1.64. The molecule has 0 saturated heterocycles. The van der Waals surface area contributed by atoms with Crippen LogP contribution in [0.2, 0.25) is 0 Å². The summed E-state index contributed by atoms with van der Waals surface area (Å²) >= 11 is 6.89. The molecule has 1 aromatic rings. The standard InChI is InChI=1S/C13H16Br2N2O2/c14-10-5-8(7-16)6-11(15)13(10)19-4-3-12(18)17-9-1-2-9/h5-6,9H,1-4,7,16H2,(H,17,18). The molecule has 0 heterocycles. The van der Waals surface area contributed by atoms with Crippen molar-refractivity contribution in [2.45, 2.75) is 31.8 Å². The van der Waals surface area contributed by atoms with Gasteiger partial charge >= 0.3 is 0 Å². The summed E-state index contributed by atoms with van der Waals surface area (Å²) in [4.78, 5) is 11.5. The van der Waals surface area contributed by atoms with Crippen LogP contribution in [0.25, 0.3) is 0 Å². The summed E-state index contributed by atoms with van der Waals surface area (Å²) in [5.74, 6) is 0.754. The molecule has 6 heteroatoms. The number of hydrogen-bond acceptors (Lipinski definition) is 3. The van der Waals surface area contributed by atoms with Crippen LogP contribution < -0.4 is 15.8 Å². The van der Waals surface area contributed by atoms with Crippen LogP contribution in [0.15, 0.2) is 21.1 Å². The van der Waals surface area contributed by atoms with Gasteiger partial charge in [0.05, 0.1) is 22.0 Å². The molecule has 1 aliphatic rings. The number of benzene rings is 1. The molecule has 0 radical (unpaired) electrons. The molecule has 0 atom stereocenters. The van der Waals surface area contributed by atoms with Gasteiger partial charge in [-0.15, -0.1) is 0 Å². The van der Waals surface area contributed by atoms with Gasteiger partial charge in [0.2, 0.25) is 5.91 Å². The predicted molar refractivity (Wildman–Crippen MR) is 81.0 cm³/mol. The summed E-state index contributed by atoms with van der Waals surface area (Å²) in [6.45, 7) is 0.832. The molecule has 0 unspecified atom stereocenters. The summed E-state index contributed by atoms with van der Waals surface area (Å²) in [5, 5.41) is 2.93. The molecule has 3 N–H and O–H groups in total. The Kier molecular flexibility index (Phi) is 5.24. The first-order valence-corrected chi connectivity index (χ1v) is 7.79. The quantitative estimate of drug-likeness (QED) is 0.783. The molecule has 0 aromatic heterocycles. The van der Waals surface area contributed by atoms with E-state index in [0.29, 0.717) is 31.4 Å². The van der Waals surface area contributed by atoms with Crippen molar-refractivity contribution in [3.63, 3.8) is 0 Å². The average Bonchev–Trinajstić information content (AvgIpc) is 3.16. The molecule has 2 rings (SSSR count). The fourth-order valence-corrected chi connectivity index (χ4v) is 3.15. The number of amides is 1. The zero-order chi connectivity index (χ0) is 13.8. The van der Waals surface area contributed by atoms with Gasteiger partial charge in [0.1, 0.15) is 5.75 Å². The van der Waals surface area contributed by atoms with Gasteiger partial charge in [0, 0.05) is 12.6 Å². The molecular weight excluding hydrogens is 376 g/mol. The van der Waals surface area contributed by atoms with Crippen molar-refractivity contribution >= 4 is 37.8 Å². The van der Waals surface area contributed by atoms with Gasteiger partial charge in [-0.3, -0.25) is 4.79 Å². The molecule has 0 spiro atoms. The van der Waals surface area contributed by atoms with Crippen molar-refractivity contribution in [1.82, 2.24) is 5.32 Å². The Morgan fingerprint density at radius 1 is 1.37 bits per heavy atom. The van der Waals surface area contributed by atoms with Crippen molar-refractivity contribution in [3.8, 4) is 5.75 Å². The average molecular weight is 392 g/mol. The van der Waals surface area contributed by atoms with Crippen LogP contribution in [-0.4, -0.2) is 18.6 Å². The number of carbonyl (C=O) groups is 1. The lowest BCUT2D eigenvalue weighted by Gasteiger charge is -2.11. The Morgan fingerprint density at radius 3 is 2.53 bits per heavy atom. The minimum absolute atomic E-state index is 0.0494. The molecule has 1 fully saturated rings. The lowest BCUT2D eigenvalue weighted by atomic mass is 10.2. The zero-order valence-electron chi connectivity index (χ0n) is 10.4. The third kappa shape index (κ3) is 4.47. The minimum Gasteiger partial charge on any atom is -0.491 e. The van der Waals surface area contributed by atoms with E-state index in [2.05, 4.69) is 37.2 Å². The summed E-state index contributed by atoms with van der Waals surface area (Å²) < 4.78 is 7.32. The highest BCUT2D eigenvalue weighted by Crippen LogP contribution is 2.34. The van der Waals surface area contributed by atoms with E-state index < -0.39 is 0 Å². The van der Waals surface area contributed by atoms with Crippen molar-refractivity contribution in [2.24, 2.45) is 5.73 Å². The molecule has 19 heavy (non-hydrogen) atoms. The first kappa shape index (κ1) is 14.8. The molecule has 0 aliphatic heterocycles. The molecule has 1 aliphatic carbocycles. The maximum atomic E-state index is 11.5. The third-order valence-corrected chi connectivity index (χ3v) is 3.99. The van der Waals surface area contributed by atoms with Crippen molar-refractivity contribution < 1.29 is 9.53 Å². The van der Waals surface area contributed by atoms with E-state index in [1.165, 1.54) is 0 Å². The maximum Gasteiger partial charge on any atom is 0.223 e. The molecular formula is C13H16Br2N2O2. The smallest absolute Gasteiger partial charge is 0.223 e. The Hall–Kier alpha value is -0.590. The fraction of sp³-hybridized carbons (Fsp3) is 0.462. The molecule has 1 aromatic carbocycles. The molecule has 4 nitrogen and oxygen atoms in total. The highest BCUT2D eigenvalue weighted by Gasteiger charge is 2.23. The van der Waals surface area contributed by atoms with Crippen LogP contribution in [-0.2, 0) is 11.3 Å². The second-order valence-corrected chi connectivity index (χ2v) is 6.24. The number of halogens is 2. The van der Waals surface area contributed by atoms with Gasteiger partial charge in [-0.05, 0) is 62.4 Å². The van der Waals surface area contributed by atoms with Crippen molar-refractivity contribution in [3.05, 3.63) is 26.6 Å². The first-order chi connectivity index (χ1) is 9.10. The molecule has 1 amide bonds.